The molecule has 142 valence electrons. The first-order valence-electron chi connectivity index (χ1n) is 8.43. The molecule has 2 atom stereocenters. The molecule has 0 spiro atoms. The molecule has 2 rings (SSSR count). The number of alkyl halides is 1. The number of likely N-dealkylation sites (N-methyl/N-ethyl adjacent to an activating group) is 1. The number of benzene rings is 2. The second-order valence-electron chi connectivity index (χ2n) is 5.27. The zero-order valence-corrected chi connectivity index (χ0v) is 15.9. The average Bonchev–Trinajstić information content (AvgIpc) is 2.68. The Morgan fingerprint density at radius 3 is 2.23 bits per heavy atom. The lowest BCUT2D eigenvalue weighted by Crippen LogP contribution is -2.32. The van der Waals surface area contributed by atoms with Crippen LogP contribution >= 0.6 is 11.6 Å². The van der Waals surface area contributed by atoms with Gasteiger partial charge in [-0.1, -0.05) is 42.5 Å². The highest BCUT2D eigenvalue weighted by atomic mass is 35.5. The predicted molar refractivity (Wildman–Crippen MR) is 104 cm³/mol. The summed E-state index contributed by atoms with van der Waals surface area (Å²) in [5.74, 6) is 1.43. The number of ether oxygens (including phenoxy) is 2. The lowest BCUT2D eigenvalue weighted by Gasteiger charge is -2.25. The van der Waals surface area contributed by atoms with Crippen molar-refractivity contribution in [2.24, 2.45) is 0 Å². The van der Waals surface area contributed by atoms with Crippen LogP contribution in [0.1, 0.15) is 18.6 Å². The van der Waals surface area contributed by atoms with E-state index in [1.54, 1.807) is 7.05 Å². The standard InChI is InChI=1S/C18H23NO3.C2H3ClO/c1-3-21-16-11-7-8-12-17(16)22-18(15(20)13-19-2)14-9-5-4-6-10-14;3-1-2-4/h4-12,15,18-20H,3,13H2,1-2H3;2H,1H2. The minimum atomic E-state index is -0.665. The molecule has 0 saturated carbocycles. The number of aldehydes is 1. The van der Waals surface area contributed by atoms with Gasteiger partial charge in [-0.15, -0.1) is 11.6 Å². The van der Waals surface area contributed by atoms with Gasteiger partial charge in [0.05, 0.1) is 12.5 Å². The van der Waals surface area contributed by atoms with Crippen molar-refractivity contribution in [3.63, 3.8) is 0 Å². The number of aliphatic hydroxyl groups is 1. The molecule has 0 fully saturated rings. The van der Waals surface area contributed by atoms with Gasteiger partial charge >= 0.3 is 0 Å². The topological polar surface area (TPSA) is 67.8 Å². The number of nitrogens with one attached hydrogen (secondary N) is 1. The average molecular weight is 380 g/mol. The Morgan fingerprint density at radius 2 is 1.69 bits per heavy atom. The number of hydrogen-bond donors (Lipinski definition) is 2. The lowest BCUT2D eigenvalue weighted by atomic mass is 10.0. The second kappa shape index (κ2) is 13.2. The van der Waals surface area contributed by atoms with E-state index in [9.17, 15) is 5.11 Å². The van der Waals surface area contributed by atoms with Crippen molar-refractivity contribution in [1.82, 2.24) is 5.32 Å². The Balaban J connectivity index is 0.000000765. The molecule has 0 aliphatic rings. The SMILES string of the molecule is CCOc1ccccc1OC(c1ccccc1)C(O)CNC.O=CCCl. The first-order chi connectivity index (χ1) is 12.7. The van der Waals surface area contributed by atoms with E-state index < -0.39 is 12.2 Å². The van der Waals surface area contributed by atoms with E-state index in [-0.39, 0.29) is 5.88 Å². The van der Waals surface area contributed by atoms with Crippen LogP contribution in [0.5, 0.6) is 11.5 Å². The molecule has 0 aromatic heterocycles. The van der Waals surface area contributed by atoms with Gasteiger partial charge in [-0.05, 0) is 31.7 Å². The van der Waals surface area contributed by atoms with Crippen LogP contribution < -0.4 is 14.8 Å². The molecule has 0 saturated heterocycles. The Bertz CT molecular complexity index is 624. The van der Waals surface area contributed by atoms with Gasteiger partial charge in [-0.2, -0.15) is 0 Å². The molecule has 0 aliphatic heterocycles. The molecule has 0 radical (unpaired) electrons. The Morgan fingerprint density at radius 1 is 1.12 bits per heavy atom. The summed E-state index contributed by atoms with van der Waals surface area (Å²) < 4.78 is 11.7. The van der Waals surface area contributed by atoms with Gasteiger partial charge in [0.15, 0.2) is 17.6 Å². The number of hydrogen-bond acceptors (Lipinski definition) is 5. The summed E-state index contributed by atoms with van der Waals surface area (Å²) >= 11 is 4.82. The quantitative estimate of drug-likeness (QED) is 0.517. The third-order valence-corrected chi connectivity index (χ3v) is 3.48. The van der Waals surface area contributed by atoms with Gasteiger partial charge in [0.1, 0.15) is 12.4 Å². The Labute approximate surface area is 159 Å². The van der Waals surface area contributed by atoms with Crippen LogP contribution in [0.15, 0.2) is 54.6 Å². The Kier molecular flexibility index (Phi) is 11.1. The number of carbonyl (C=O) groups excluding carboxylic acids is 1. The monoisotopic (exact) mass is 379 g/mol. The molecule has 2 aromatic rings. The molecule has 0 heterocycles. The van der Waals surface area contributed by atoms with E-state index in [0.29, 0.717) is 30.9 Å². The van der Waals surface area contributed by atoms with E-state index in [4.69, 9.17) is 25.9 Å². The van der Waals surface area contributed by atoms with Gasteiger partial charge in [0, 0.05) is 6.54 Å². The van der Waals surface area contributed by atoms with Crippen LogP contribution in [-0.4, -0.2) is 43.6 Å². The molecular weight excluding hydrogens is 354 g/mol. The second-order valence-corrected chi connectivity index (χ2v) is 5.58. The maximum atomic E-state index is 10.4. The van der Waals surface area contributed by atoms with E-state index in [1.807, 2.05) is 61.5 Å². The van der Waals surface area contributed by atoms with Crippen LogP contribution in [0, 0.1) is 0 Å². The number of halogens is 1. The number of para-hydroxylation sites is 2. The van der Waals surface area contributed by atoms with Crippen molar-refractivity contribution in [3.05, 3.63) is 60.2 Å². The summed E-state index contributed by atoms with van der Waals surface area (Å²) in [6, 6.07) is 17.2. The van der Waals surface area contributed by atoms with Gasteiger partial charge in [-0.3, -0.25) is 0 Å². The first-order valence-corrected chi connectivity index (χ1v) is 8.97. The fourth-order valence-electron chi connectivity index (χ4n) is 2.29. The lowest BCUT2D eigenvalue weighted by molar-refractivity contribution is -0.105. The Hall–Kier alpha value is -2.08. The van der Waals surface area contributed by atoms with Crippen molar-refractivity contribution < 1.29 is 19.4 Å². The molecule has 6 heteroatoms. The first kappa shape index (κ1) is 22.0. The third kappa shape index (κ3) is 7.44. The number of aliphatic hydroxyl groups excluding tert-OH is 1. The van der Waals surface area contributed by atoms with Crippen LogP contribution in [0.25, 0.3) is 0 Å². The van der Waals surface area contributed by atoms with Gasteiger partial charge < -0.3 is 24.7 Å². The van der Waals surface area contributed by atoms with Crippen molar-refractivity contribution in [2.45, 2.75) is 19.1 Å². The smallest absolute Gasteiger partial charge is 0.162 e. The van der Waals surface area contributed by atoms with Gasteiger partial charge in [0.25, 0.3) is 0 Å². The normalized spacial score (nSPS) is 12.3. The summed E-state index contributed by atoms with van der Waals surface area (Å²) in [4.78, 5) is 9.04. The molecule has 2 unspecified atom stereocenters. The predicted octanol–water partition coefficient (Wildman–Crippen LogP) is 3.21. The highest BCUT2D eigenvalue weighted by molar-refractivity contribution is 6.24. The molecular formula is C20H26ClNO4. The minimum Gasteiger partial charge on any atom is -0.490 e. The highest BCUT2D eigenvalue weighted by Crippen LogP contribution is 2.32. The third-order valence-electron chi connectivity index (χ3n) is 3.36. The van der Waals surface area contributed by atoms with Gasteiger partial charge in [-0.25, -0.2) is 0 Å². The summed E-state index contributed by atoms with van der Waals surface area (Å²) in [5.41, 5.74) is 0.927. The maximum Gasteiger partial charge on any atom is 0.162 e. The van der Waals surface area contributed by atoms with Crippen molar-refractivity contribution in [3.8, 4) is 11.5 Å². The molecule has 0 bridgehead atoms. The summed E-state index contributed by atoms with van der Waals surface area (Å²) in [7, 11) is 1.80. The van der Waals surface area contributed by atoms with Crippen molar-refractivity contribution >= 4 is 17.9 Å². The summed E-state index contributed by atoms with van der Waals surface area (Å²) in [5, 5.41) is 13.4. The van der Waals surface area contributed by atoms with Crippen LogP contribution in [0.2, 0.25) is 0 Å². The molecule has 0 aliphatic carbocycles. The van der Waals surface area contributed by atoms with Crippen LogP contribution in [-0.2, 0) is 4.79 Å². The molecule has 2 N–H and O–H groups in total. The number of rotatable bonds is 9. The molecule has 26 heavy (non-hydrogen) atoms. The van der Waals surface area contributed by atoms with E-state index >= 15 is 0 Å². The van der Waals surface area contributed by atoms with Crippen LogP contribution in [0.3, 0.4) is 0 Å². The zero-order chi connectivity index (χ0) is 19.2. The van der Waals surface area contributed by atoms with Crippen molar-refractivity contribution in [2.75, 3.05) is 26.1 Å². The summed E-state index contributed by atoms with van der Waals surface area (Å²) in [6.07, 6.45) is -0.487. The highest BCUT2D eigenvalue weighted by Gasteiger charge is 2.23. The maximum absolute atomic E-state index is 10.4. The van der Waals surface area contributed by atoms with Crippen molar-refractivity contribution in [1.29, 1.82) is 0 Å². The largest absolute Gasteiger partial charge is 0.490 e. The molecule has 2 aromatic carbocycles. The fraction of sp³-hybridized carbons (Fsp3) is 0.350. The van der Waals surface area contributed by atoms with E-state index in [0.717, 1.165) is 5.56 Å². The zero-order valence-electron chi connectivity index (χ0n) is 15.1. The van der Waals surface area contributed by atoms with Crippen LogP contribution in [0.4, 0.5) is 0 Å². The summed E-state index contributed by atoms with van der Waals surface area (Å²) in [6.45, 7) is 2.94. The minimum absolute atomic E-state index is 0.111. The van der Waals surface area contributed by atoms with E-state index in [1.165, 1.54) is 0 Å². The number of carbonyl (C=O) groups is 1. The van der Waals surface area contributed by atoms with Gasteiger partial charge in [0.2, 0.25) is 0 Å². The molecule has 0 amide bonds. The van der Waals surface area contributed by atoms with E-state index in [2.05, 4.69) is 5.32 Å². The molecule has 5 nitrogen and oxygen atoms in total. The fourth-order valence-corrected chi connectivity index (χ4v) is 2.29.